The van der Waals surface area contributed by atoms with Crippen LogP contribution in [0.2, 0.25) is 0 Å². The van der Waals surface area contributed by atoms with Crippen molar-refractivity contribution in [2.24, 2.45) is 0 Å². The van der Waals surface area contributed by atoms with Crippen molar-refractivity contribution in [1.82, 2.24) is 24.4 Å². The van der Waals surface area contributed by atoms with Gasteiger partial charge in [0.25, 0.3) is 0 Å². The number of fused-ring (bicyclic) bond motifs is 1. The molecule has 6 nitrogen and oxygen atoms in total. The van der Waals surface area contributed by atoms with Gasteiger partial charge in [-0.3, -0.25) is 4.68 Å². The fourth-order valence-corrected chi connectivity index (χ4v) is 2.26. The zero-order chi connectivity index (χ0) is 13.9. The van der Waals surface area contributed by atoms with Crippen molar-refractivity contribution < 1.29 is 0 Å². The molecule has 0 aromatic carbocycles. The first kappa shape index (κ1) is 12.7. The highest BCUT2D eigenvalue weighted by Gasteiger charge is 2.01. The van der Waals surface area contributed by atoms with Crippen molar-refractivity contribution in [3.05, 3.63) is 42.0 Å². The summed E-state index contributed by atoms with van der Waals surface area (Å²) in [7, 11) is 0. The fourth-order valence-electron chi connectivity index (χ4n) is 2.26. The second-order valence-electron chi connectivity index (χ2n) is 4.88. The molecule has 1 N–H and O–H groups in total. The van der Waals surface area contributed by atoms with E-state index in [1.54, 1.807) is 10.7 Å². The van der Waals surface area contributed by atoms with E-state index in [0.717, 1.165) is 36.7 Å². The normalized spacial score (nSPS) is 11.1. The highest BCUT2D eigenvalue weighted by Crippen LogP contribution is 2.06. The Morgan fingerprint density at radius 1 is 1.25 bits per heavy atom. The molecule has 0 amide bonds. The molecule has 3 aromatic heterocycles. The minimum absolute atomic E-state index is 0.855. The summed E-state index contributed by atoms with van der Waals surface area (Å²) in [5.41, 5.74) is 3.14. The van der Waals surface area contributed by atoms with Crippen molar-refractivity contribution in [2.45, 2.75) is 26.8 Å². The molecule has 3 heterocycles. The molecule has 0 fully saturated rings. The third-order valence-corrected chi connectivity index (χ3v) is 3.21. The van der Waals surface area contributed by atoms with Crippen LogP contribution in [0.5, 0.6) is 0 Å². The van der Waals surface area contributed by atoms with Gasteiger partial charge in [-0.25, -0.2) is 9.50 Å². The predicted octanol–water partition coefficient (Wildman–Crippen LogP) is 2.04. The third kappa shape index (κ3) is 2.64. The maximum atomic E-state index is 4.47. The van der Waals surface area contributed by atoms with Gasteiger partial charge < -0.3 is 5.32 Å². The predicted molar refractivity (Wildman–Crippen MR) is 77.8 cm³/mol. The van der Waals surface area contributed by atoms with Crippen LogP contribution in [0.3, 0.4) is 0 Å². The van der Waals surface area contributed by atoms with Gasteiger partial charge in [0, 0.05) is 31.0 Å². The molecule has 0 unspecified atom stereocenters. The molecule has 0 atom stereocenters. The molecule has 0 aliphatic carbocycles. The smallest absolute Gasteiger partial charge is 0.157 e. The van der Waals surface area contributed by atoms with E-state index in [-0.39, 0.29) is 0 Å². The summed E-state index contributed by atoms with van der Waals surface area (Å²) in [5.74, 6) is 0.881. The molecule has 0 radical (unpaired) electrons. The largest absolute Gasteiger partial charge is 0.370 e. The summed E-state index contributed by atoms with van der Waals surface area (Å²) < 4.78 is 3.80. The van der Waals surface area contributed by atoms with Crippen LogP contribution in [0.1, 0.15) is 17.8 Å². The quantitative estimate of drug-likeness (QED) is 0.721. The van der Waals surface area contributed by atoms with Crippen molar-refractivity contribution in [2.75, 3.05) is 11.9 Å². The second kappa shape index (κ2) is 5.32. The average molecular weight is 270 g/mol. The van der Waals surface area contributed by atoms with E-state index in [4.69, 9.17) is 0 Å². The highest BCUT2D eigenvalue weighted by atomic mass is 15.3. The molecule has 0 aliphatic heterocycles. The van der Waals surface area contributed by atoms with Gasteiger partial charge in [-0.2, -0.15) is 10.2 Å². The number of aromatic nitrogens is 5. The van der Waals surface area contributed by atoms with Crippen LogP contribution in [0, 0.1) is 13.8 Å². The minimum Gasteiger partial charge on any atom is -0.370 e. The van der Waals surface area contributed by atoms with E-state index in [2.05, 4.69) is 33.5 Å². The average Bonchev–Trinajstić information content (AvgIpc) is 3.00. The zero-order valence-corrected chi connectivity index (χ0v) is 11.7. The molecule has 0 bridgehead atoms. The van der Waals surface area contributed by atoms with Crippen LogP contribution in [0.4, 0.5) is 5.82 Å². The topological polar surface area (TPSA) is 60.0 Å². The van der Waals surface area contributed by atoms with Crippen LogP contribution in [-0.2, 0) is 6.54 Å². The first-order valence-electron chi connectivity index (χ1n) is 6.78. The van der Waals surface area contributed by atoms with Gasteiger partial charge in [0.15, 0.2) is 5.65 Å². The van der Waals surface area contributed by atoms with Crippen molar-refractivity contribution >= 4 is 11.5 Å². The molecule has 3 aromatic rings. The van der Waals surface area contributed by atoms with Crippen molar-refractivity contribution in [3.8, 4) is 0 Å². The summed E-state index contributed by atoms with van der Waals surface area (Å²) in [4.78, 5) is 4.47. The van der Waals surface area contributed by atoms with Crippen LogP contribution in [-0.4, -0.2) is 30.9 Å². The van der Waals surface area contributed by atoms with E-state index < -0.39 is 0 Å². The van der Waals surface area contributed by atoms with Gasteiger partial charge >= 0.3 is 0 Å². The molecule has 104 valence electrons. The lowest BCUT2D eigenvalue weighted by molar-refractivity contribution is 0.573. The Hall–Kier alpha value is -2.37. The maximum Gasteiger partial charge on any atom is 0.157 e. The molecular formula is C14H18N6. The van der Waals surface area contributed by atoms with Crippen LogP contribution in [0.25, 0.3) is 5.65 Å². The molecule has 6 heteroatoms. The van der Waals surface area contributed by atoms with E-state index in [9.17, 15) is 0 Å². The maximum absolute atomic E-state index is 4.47. The molecule has 20 heavy (non-hydrogen) atoms. The summed E-state index contributed by atoms with van der Waals surface area (Å²) in [6, 6.07) is 5.92. The van der Waals surface area contributed by atoms with Gasteiger partial charge in [0.05, 0.1) is 11.9 Å². The first-order chi connectivity index (χ1) is 9.72. The lowest BCUT2D eigenvalue weighted by atomic mass is 10.4. The Morgan fingerprint density at radius 2 is 2.15 bits per heavy atom. The number of nitrogens with zero attached hydrogens (tertiary/aromatic N) is 5. The summed E-state index contributed by atoms with van der Waals surface area (Å²) in [6.45, 7) is 5.90. The monoisotopic (exact) mass is 270 g/mol. The standard InChI is InChI=1S/C14H18N6/c1-11-10-12(2)19(18-11)8-3-6-15-13-5-9-20-14(17-13)4-7-16-20/h4-5,7,9-10H,3,6,8H2,1-2H3,(H,15,17). The Labute approximate surface area is 117 Å². The number of hydrogen-bond acceptors (Lipinski definition) is 4. The van der Waals surface area contributed by atoms with Crippen molar-refractivity contribution in [3.63, 3.8) is 0 Å². The number of hydrogen-bond donors (Lipinski definition) is 1. The Balaban J connectivity index is 1.53. The molecule has 0 saturated carbocycles. The second-order valence-corrected chi connectivity index (χ2v) is 4.88. The number of rotatable bonds is 5. The van der Waals surface area contributed by atoms with Crippen LogP contribution >= 0.6 is 0 Å². The Bertz CT molecular complexity index is 711. The van der Waals surface area contributed by atoms with Crippen LogP contribution in [0.15, 0.2) is 30.6 Å². The zero-order valence-electron chi connectivity index (χ0n) is 11.7. The Morgan fingerprint density at radius 3 is 2.95 bits per heavy atom. The van der Waals surface area contributed by atoms with Gasteiger partial charge in [-0.15, -0.1) is 0 Å². The highest BCUT2D eigenvalue weighted by molar-refractivity contribution is 5.45. The lowest BCUT2D eigenvalue weighted by Crippen LogP contribution is -2.10. The molecule has 0 spiro atoms. The van der Waals surface area contributed by atoms with E-state index in [1.807, 2.05) is 29.9 Å². The van der Waals surface area contributed by atoms with E-state index in [1.165, 1.54) is 5.69 Å². The van der Waals surface area contributed by atoms with Crippen molar-refractivity contribution in [1.29, 1.82) is 0 Å². The van der Waals surface area contributed by atoms with Gasteiger partial charge in [-0.05, 0) is 32.4 Å². The van der Waals surface area contributed by atoms with Crippen LogP contribution < -0.4 is 5.32 Å². The summed E-state index contributed by atoms with van der Waals surface area (Å²) in [6.07, 6.45) is 4.66. The molecular weight excluding hydrogens is 252 g/mol. The fraction of sp³-hybridized carbons (Fsp3) is 0.357. The van der Waals surface area contributed by atoms with Gasteiger partial charge in [0.2, 0.25) is 0 Å². The van der Waals surface area contributed by atoms with Gasteiger partial charge in [0.1, 0.15) is 5.82 Å². The summed E-state index contributed by atoms with van der Waals surface area (Å²) in [5, 5.41) is 11.9. The molecule has 3 rings (SSSR count). The van der Waals surface area contributed by atoms with E-state index in [0.29, 0.717) is 0 Å². The lowest BCUT2D eigenvalue weighted by Gasteiger charge is -2.07. The number of aryl methyl sites for hydroxylation is 3. The molecule has 0 saturated heterocycles. The summed E-state index contributed by atoms with van der Waals surface area (Å²) >= 11 is 0. The molecule has 0 aliphatic rings. The van der Waals surface area contributed by atoms with Gasteiger partial charge in [-0.1, -0.05) is 0 Å². The Kier molecular flexibility index (Phi) is 3.37. The number of nitrogens with one attached hydrogen (secondary N) is 1. The third-order valence-electron chi connectivity index (χ3n) is 3.21. The van der Waals surface area contributed by atoms with E-state index >= 15 is 0 Å². The first-order valence-corrected chi connectivity index (χ1v) is 6.78. The minimum atomic E-state index is 0.855. The number of anilines is 1. The SMILES string of the molecule is Cc1cc(C)n(CCCNc2ccn3nccc3n2)n1.